The van der Waals surface area contributed by atoms with E-state index in [1.807, 2.05) is 84.9 Å². The van der Waals surface area contributed by atoms with E-state index in [0.29, 0.717) is 12.2 Å². The standard InChI is InChI=1S/C25H21NO4S/c1-29-20-10-4-17(5-11-20)2-3-18-6-12-21(13-7-18)30-22-14-8-19(9-15-22)16-23-24(27)26-25(28)31-23/h2-15,23H,16H2,1H3,(H,26,27,28)/b3-2-. The van der Waals surface area contributed by atoms with Crippen LogP contribution in [0, 0.1) is 0 Å². The summed E-state index contributed by atoms with van der Waals surface area (Å²) in [5.74, 6) is 2.07. The largest absolute Gasteiger partial charge is 0.497 e. The maximum absolute atomic E-state index is 11.7. The number of thioether (sulfide) groups is 1. The molecule has 0 radical (unpaired) electrons. The average Bonchev–Trinajstić information content (AvgIpc) is 3.11. The maximum Gasteiger partial charge on any atom is 0.286 e. The van der Waals surface area contributed by atoms with Crippen LogP contribution in [0.15, 0.2) is 72.8 Å². The van der Waals surface area contributed by atoms with Crippen LogP contribution in [0.25, 0.3) is 12.2 Å². The van der Waals surface area contributed by atoms with Crippen molar-refractivity contribution in [1.82, 2.24) is 5.32 Å². The fraction of sp³-hybridized carbons (Fsp3) is 0.120. The van der Waals surface area contributed by atoms with E-state index in [1.165, 1.54) is 0 Å². The zero-order valence-electron chi connectivity index (χ0n) is 16.9. The Hall–Kier alpha value is -3.51. The van der Waals surface area contributed by atoms with Crippen molar-refractivity contribution in [2.75, 3.05) is 7.11 Å². The van der Waals surface area contributed by atoms with Crippen LogP contribution < -0.4 is 14.8 Å². The highest BCUT2D eigenvalue weighted by Crippen LogP contribution is 2.26. The number of nitrogens with one attached hydrogen (secondary N) is 1. The molecule has 5 nitrogen and oxygen atoms in total. The first-order valence-corrected chi connectivity index (χ1v) is 10.7. The van der Waals surface area contributed by atoms with E-state index in [1.54, 1.807) is 7.11 Å². The van der Waals surface area contributed by atoms with Crippen LogP contribution in [0.1, 0.15) is 16.7 Å². The monoisotopic (exact) mass is 431 g/mol. The van der Waals surface area contributed by atoms with Crippen LogP contribution in [-0.2, 0) is 11.2 Å². The quantitative estimate of drug-likeness (QED) is 0.497. The van der Waals surface area contributed by atoms with Gasteiger partial charge in [-0.25, -0.2) is 0 Å². The Balaban J connectivity index is 1.33. The third-order valence-electron chi connectivity index (χ3n) is 4.81. The number of amides is 2. The van der Waals surface area contributed by atoms with Crippen LogP contribution >= 0.6 is 11.8 Å². The molecule has 31 heavy (non-hydrogen) atoms. The molecule has 2 amide bonds. The number of imide groups is 1. The molecule has 1 heterocycles. The molecule has 6 heteroatoms. The fourth-order valence-electron chi connectivity index (χ4n) is 3.13. The lowest BCUT2D eigenvalue weighted by atomic mass is 10.1. The van der Waals surface area contributed by atoms with Gasteiger partial charge < -0.3 is 9.47 Å². The summed E-state index contributed by atoms with van der Waals surface area (Å²) in [4.78, 5) is 23.0. The van der Waals surface area contributed by atoms with Gasteiger partial charge in [0.2, 0.25) is 5.91 Å². The molecule has 1 saturated heterocycles. The fourth-order valence-corrected chi connectivity index (χ4v) is 3.99. The minimum atomic E-state index is -0.363. The van der Waals surface area contributed by atoms with Crippen molar-refractivity contribution in [2.24, 2.45) is 0 Å². The number of methoxy groups -OCH3 is 1. The highest BCUT2D eigenvalue weighted by Gasteiger charge is 2.31. The van der Waals surface area contributed by atoms with E-state index >= 15 is 0 Å². The summed E-state index contributed by atoms with van der Waals surface area (Å²) in [5, 5.41) is 1.67. The van der Waals surface area contributed by atoms with Crippen molar-refractivity contribution in [2.45, 2.75) is 11.7 Å². The summed E-state index contributed by atoms with van der Waals surface area (Å²) in [6, 6.07) is 23.3. The second-order valence-electron chi connectivity index (χ2n) is 7.01. The van der Waals surface area contributed by atoms with Crippen molar-refractivity contribution in [3.63, 3.8) is 0 Å². The molecule has 156 valence electrons. The van der Waals surface area contributed by atoms with Crippen LogP contribution in [0.2, 0.25) is 0 Å². The van der Waals surface area contributed by atoms with E-state index < -0.39 is 0 Å². The van der Waals surface area contributed by atoms with E-state index in [0.717, 1.165) is 40.0 Å². The molecule has 0 saturated carbocycles. The Morgan fingerprint density at radius 2 is 1.32 bits per heavy atom. The van der Waals surface area contributed by atoms with E-state index in [4.69, 9.17) is 9.47 Å². The zero-order chi connectivity index (χ0) is 21.6. The Morgan fingerprint density at radius 3 is 1.81 bits per heavy atom. The Morgan fingerprint density at radius 1 is 0.806 bits per heavy atom. The normalized spacial score (nSPS) is 15.8. The number of hydrogen-bond acceptors (Lipinski definition) is 5. The highest BCUT2D eigenvalue weighted by molar-refractivity contribution is 8.15. The number of hydrogen-bond donors (Lipinski definition) is 1. The minimum Gasteiger partial charge on any atom is -0.497 e. The molecule has 0 bridgehead atoms. The van der Waals surface area contributed by atoms with Gasteiger partial charge in [-0.1, -0.05) is 60.3 Å². The van der Waals surface area contributed by atoms with Gasteiger partial charge in [-0.2, -0.15) is 0 Å². The molecule has 1 aliphatic heterocycles. The number of ether oxygens (including phenoxy) is 2. The number of carbonyl (C=O) groups excluding carboxylic acids is 2. The van der Waals surface area contributed by atoms with Gasteiger partial charge in [0.15, 0.2) is 0 Å². The third kappa shape index (κ3) is 5.55. The van der Waals surface area contributed by atoms with Gasteiger partial charge >= 0.3 is 0 Å². The first-order valence-electron chi connectivity index (χ1n) is 9.79. The lowest BCUT2D eigenvalue weighted by Crippen LogP contribution is -2.25. The van der Waals surface area contributed by atoms with Crippen molar-refractivity contribution in [3.05, 3.63) is 89.5 Å². The molecule has 4 rings (SSSR count). The predicted octanol–water partition coefficient (Wildman–Crippen LogP) is 5.55. The molecule has 1 atom stereocenters. The molecular formula is C25H21NO4S. The summed E-state index contributed by atoms with van der Waals surface area (Å²) >= 11 is 1.04. The first-order chi connectivity index (χ1) is 15.1. The third-order valence-corrected chi connectivity index (χ3v) is 5.79. The first kappa shape index (κ1) is 20.8. The smallest absolute Gasteiger partial charge is 0.286 e. The van der Waals surface area contributed by atoms with E-state index in [9.17, 15) is 9.59 Å². The van der Waals surface area contributed by atoms with Crippen molar-refractivity contribution < 1.29 is 19.1 Å². The topological polar surface area (TPSA) is 64.6 Å². The van der Waals surface area contributed by atoms with Gasteiger partial charge in [-0.3, -0.25) is 14.9 Å². The summed E-state index contributed by atoms with van der Waals surface area (Å²) in [6.07, 6.45) is 4.60. The van der Waals surface area contributed by atoms with Gasteiger partial charge in [0.05, 0.1) is 12.4 Å². The summed E-state index contributed by atoms with van der Waals surface area (Å²) in [7, 11) is 1.65. The lowest BCUT2D eigenvalue weighted by molar-refractivity contribution is -0.118. The molecule has 1 fully saturated rings. The molecule has 3 aromatic rings. The Kier molecular flexibility index (Phi) is 6.38. The van der Waals surface area contributed by atoms with Gasteiger partial charge in [0.25, 0.3) is 5.24 Å². The van der Waals surface area contributed by atoms with E-state index in [-0.39, 0.29) is 16.4 Å². The second kappa shape index (κ2) is 9.53. The summed E-state index contributed by atoms with van der Waals surface area (Å²) in [5.41, 5.74) is 3.15. The van der Waals surface area contributed by atoms with Crippen LogP contribution in [0.3, 0.4) is 0 Å². The van der Waals surface area contributed by atoms with Gasteiger partial charge in [-0.05, 0) is 59.5 Å². The second-order valence-corrected chi connectivity index (χ2v) is 8.18. The maximum atomic E-state index is 11.7. The Bertz CT molecular complexity index is 1090. The molecule has 1 aliphatic rings. The van der Waals surface area contributed by atoms with Crippen LogP contribution in [-0.4, -0.2) is 23.5 Å². The lowest BCUT2D eigenvalue weighted by Gasteiger charge is -2.08. The predicted molar refractivity (Wildman–Crippen MR) is 124 cm³/mol. The molecular weight excluding hydrogens is 410 g/mol. The SMILES string of the molecule is COc1ccc(/C=C\c2ccc(Oc3ccc(CC4SC(=O)NC4=O)cc3)cc2)cc1. The highest BCUT2D eigenvalue weighted by atomic mass is 32.2. The van der Waals surface area contributed by atoms with E-state index in [2.05, 4.69) is 5.32 Å². The molecule has 1 N–H and O–H groups in total. The van der Waals surface area contributed by atoms with Crippen molar-refractivity contribution >= 4 is 35.1 Å². The zero-order valence-corrected chi connectivity index (χ0v) is 17.7. The Labute approximate surface area is 185 Å². The average molecular weight is 432 g/mol. The molecule has 0 aromatic heterocycles. The number of carbonyl (C=O) groups is 2. The molecule has 0 spiro atoms. The van der Waals surface area contributed by atoms with Crippen LogP contribution in [0.5, 0.6) is 17.2 Å². The minimum absolute atomic E-state index is 0.226. The molecule has 1 unspecified atom stereocenters. The summed E-state index contributed by atoms with van der Waals surface area (Å²) < 4.78 is 11.1. The molecule has 3 aromatic carbocycles. The van der Waals surface area contributed by atoms with Crippen LogP contribution in [0.4, 0.5) is 4.79 Å². The van der Waals surface area contributed by atoms with Gasteiger partial charge in [0, 0.05) is 0 Å². The van der Waals surface area contributed by atoms with Gasteiger partial charge in [-0.15, -0.1) is 0 Å². The number of benzene rings is 3. The van der Waals surface area contributed by atoms with Gasteiger partial charge in [0.1, 0.15) is 17.2 Å². The number of rotatable bonds is 7. The summed E-state index contributed by atoms with van der Waals surface area (Å²) in [6.45, 7) is 0. The van der Waals surface area contributed by atoms with Crippen molar-refractivity contribution in [1.29, 1.82) is 0 Å². The van der Waals surface area contributed by atoms with Crippen molar-refractivity contribution in [3.8, 4) is 17.2 Å². The molecule has 0 aliphatic carbocycles.